The summed E-state index contributed by atoms with van der Waals surface area (Å²) in [4.78, 5) is 14.8. The molecule has 0 unspecified atom stereocenters. The van der Waals surface area contributed by atoms with Gasteiger partial charge in [0.25, 0.3) is 0 Å². The van der Waals surface area contributed by atoms with Crippen LogP contribution in [0.5, 0.6) is 0 Å². The maximum atomic E-state index is 14.6. The lowest BCUT2D eigenvalue weighted by atomic mass is 9.34. The molecular formula is C49H81NO7S. The summed E-state index contributed by atoms with van der Waals surface area (Å²) < 4.78 is 56.3. The number of carbonyl (C=O) groups excluding carboxylic acids is 1. The van der Waals surface area contributed by atoms with Crippen molar-refractivity contribution in [2.45, 2.75) is 165 Å². The van der Waals surface area contributed by atoms with Gasteiger partial charge in [-0.15, -0.1) is 0 Å². The highest BCUT2D eigenvalue weighted by molar-refractivity contribution is 7.89. The van der Waals surface area contributed by atoms with E-state index in [0.29, 0.717) is 31.0 Å². The van der Waals surface area contributed by atoms with Gasteiger partial charge >= 0.3 is 5.97 Å². The number of ether oxygens (including phenoxy) is 4. The minimum atomic E-state index is -3.78. The predicted molar refractivity (Wildman–Crippen MR) is 234 cm³/mol. The molecule has 3 fully saturated rings. The Morgan fingerprint density at radius 2 is 1.62 bits per heavy atom. The Morgan fingerprint density at radius 1 is 0.966 bits per heavy atom. The van der Waals surface area contributed by atoms with Crippen LogP contribution in [-0.2, 0) is 33.8 Å². The Balaban J connectivity index is 1.51. The molecular weight excluding hydrogens is 747 g/mol. The summed E-state index contributed by atoms with van der Waals surface area (Å²) in [5.41, 5.74) is 0.948. The van der Waals surface area contributed by atoms with Crippen molar-refractivity contribution in [1.29, 1.82) is 0 Å². The van der Waals surface area contributed by atoms with E-state index in [2.05, 4.69) is 93.9 Å². The van der Waals surface area contributed by atoms with Crippen LogP contribution in [0, 0.1) is 69.0 Å². The lowest BCUT2D eigenvalue weighted by molar-refractivity contribution is -0.224. The summed E-state index contributed by atoms with van der Waals surface area (Å²) in [7, 11) is -0.154. The Labute approximate surface area is 353 Å². The number of hydrogen-bond acceptors (Lipinski definition) is 7. The fourth-order valence-electron chi connectivity index (χ4n) is 12.9. The van der Waals surface area contributed by atoms with E-state index in [1.165, 1.54) is 5.57 Å². The summed E-state index contributed by atoms with van der Waals surface area (Å²) in [5.74, 6) is 1.17. The van der Waals surface area contributed by atoms with Gasteiger partial charge in [0.2, 0.25) is 10.0 Å². The van der Waals surface area contributed by atoms with Crippen LogP contribution in [0.25, 0.3) is 0 Å². The third-order valence-corrected chi connectivity index (χ3v) is 18.5. The number of nitrogens with one attached hydrogen (secondary N) is 1. The van der Waals surface area contributed by atoms with Gasteiger partial charge in [-0.05, 0) is 115 Å². The number of allylic oxidation sites excluding steroid dienone is 1. The van der Waals surface area contributed by atoms with Crippen LogP contribution in [0.4, 0.5) is 0 Å². The molecule has 0 spiro atoms. The second-order valence-corrected chi connectivity index (χ2v) is 23.6. The van der Waals surface area contributed by atoms with Crippen LogP contribution in [-0.4, -0.2) is 66.7 Å². The molecule has 1 aromatic carbocycles. The van der Waals surface area contributed by atoms with E-state index < -0.39 is 21.5 Å². The first kappa shape index (κ1) is 47.3. The number of esters is 1. The second-order valence-electron chi connectivity index (χ2n) is 21.9. The molecule has 1 N–H and O–H groups in total. The normalized spacial score (nSPS) is 35.9. The van der Waals surface area contributed by atoms with Crippen LogP contribution >= 0.6 is 0 Å². The van der Waals surface area contributed by atoms with Crippen molar-refractivity contribution in [2.75, 3.05) is 34.0 Å². The lowest BCUT2D eigenvalue weighted by Gasteiger charge is -2.70. The molecule has 330 valence electrons. The molecule has 0 amide bonds. The average Bonchev–Trinajstić information content (AvgIpc) is 3.13. The van der Waals surface area contributed by atoms with Gasteiger partial charge in [-0.1, -0.05) is 119 Å². The minimum Gasteiger partial charge on any atom is -0.465 e. The molecule has 0 aromatic heterocycles. The molecule has 3 saturated carbocycles. The zero-order valence-corrected chi connectivity index (χ0v) is 39.9. The molecule has 5 rings (SSSR count). The molecule has 0 aliphatic heterocycles. The van der Waals surface area contributed by atoms with Crippen molar-refractivity contribution in [3.63, 3.8) is 0 Å². The largest absolute Gasteiger partial charge is 0.465 e. The topological polar surface area (TPSA) is 100 Å². The monoisotopic (exact) mass is 828 g/mol. The van der Waals surface area contributed by atoms with Gasteiger partial charge in [-0.25, -0.2) is 13.1 Å². The molecule has 0 saturated heterocycles. The highest BCUT2D eigenvalue weighted by Crippen LogP contribution is 2.74. The molecule has 9 heteroatoms. The Hall–Kier alpha value is -1.78. The number of hydrogen-bond donors (Lipinski definition) is 1. The number of benzene rings is 1. The number of aryl methyl sites for hydroxylation is 1. The Morgan fingerprint density at radius 3 is 2.19 bits per heavy atom. The van der Waals surface area contributed by atoms with Crippen molar-refractivity contribution in [1.82, 2.24) is 4.72 Å². The van der Waals surface area contributed by atoms with Gasteiger partial charge in [-0.2, -0.15) is 0 Å². The highest BCUT2D eigenvalue weighted by Gasteiger charge is 2.70. The van der Waals surface area contributed by atoms with Crippen molar-refractivity contribution in [3.8, 4) is 0 Å². The van der Waals surface area contributed by atoms with Gasteiger partial charge in [0.15, 0.2) is 0 Å². The summed E-state index contributed by atoms with van der Waals surface area (Å²) in [6.07, 6.45) is 9.63. The first-order valence-corrected chi connectivity index (χ1v) is 24.0. The van der Waals surface area contributed by atoms with Gasteiger partial charge in [0.05, 0.1) is 48.9 Å². The Kier molecular flexibility index (Phi) is 14.0. The zero-order valence-electron chi connectivity index (χ0n) is 39.0. The minimum absolute atomic E-state index is 0.00182. The molecule has 11 atom stereocenters. The molecule has 8 nitrogen and oxygen atoms in total. The van der Waals surface area contributed by atoms with Crippen molar-refractivity contribution in [3.05, 3.63) is 41.5 Å². The number of unbranched alkanes of at least 4 members (excludes halogenated alkanes) is 1. The average molecular weight is 828 g/mol. The Bertz CT molecular complexity index is 1730. The van der Waals surface area contributed by atoms with Gasteiger partial charge in [0, 0.05) is 19.6 Å². The van der Waals surface area contributed by atoms with Gasteiger partial charge < -0.3 is 18.9 Å². The van der Waals surface area contributed by atoms with Crippen molar-refractivity contribution in [2.24, 2.45) is 62.1 Å². The third kappa shape index (κ3) is 8.16. The molecule has 4 aliphatic carbocycles. The van der Waals surface area contributed by atoms with Crippen LogP contribution in [0.1, 0.15) is 140 Å². The SMILES string of the molecule is CCCCOC(=O)[C@@H]1[C@@](C)([C@H](C)C(C)C)CC[C@]2(C)[C@H]3CC[C@H]4C(C)(C)[C@@H](OC[C@@H](NS(=O)(=O)c5ccc(C)cc5)C(C)(C)C)[C@H](OC)C[C@]4(COC)C3=CC[C@@]12C. The van der Waals surface area contributed by atoms with Gasteiger partial charge in [0.1, 0.15) is 0 Å². The molecule has 1 aromatic rings. The number of carbonyl (C=O) groups is 1. The summed E-state index contributed by atoms with van der Waals surface area (Å²) in [6, 6.07) is 6.51. The lowest BCUT2D eigenvalue weighted by Crippen LogP contribution is -2.67. The number of rotatable bonds is 15. The van der Waals surface area contributed by atoms with E-state index in [-0.39, 0.29) is 68.6 Å². The maximum absolute atomic E-state index is 14.6. The number of sulfonamides is 1. The summed E-state index contributed by atoms with van der Waals surface area (Å²) >= 11 is 0. The zero-order chi connectivity index (χ0) is 43.3. The quantitative estimate of drug-likeness (QED) is 0.107. The maximum Gasteiger partial charge on any atom is 0.310 e. The van der Waals surface area contributed by atoms with Crippen molar-refractivity contribution < 1.29 is 32.2 Å². The van der Waals surface area contributed by atoms with E-state index in [1.807, 2.05) is 26.2 Å². The smallest absolute Gasteiger partial charge is 0.310 e. The van der Waals surface area contributed by atoms with E-state index in [0.717, 1.165) is 56.9 Å². The number of methoxy groups -OCH3 is 2. The third-order valence-electron chi connectivity index (χ3n) is 17.0. The second kappa shape index (κ2) is 17.2. The molecule has 0 bridgehead atoms. The predicted octanol–water partition coefficient (Wildman–Crippen LogP) is 10.6. The molecule has 0 radical (unpaired) electrons. The first-order chi connectivity index (χ1) is 26.9. The van der Waals surface area contributed by atoms with Crippen LogP contribution in [0.15, 0.2) is 40.8 Å². The fraction of sp³-hybridized carbons (Fsp3) is 0.816. The van der Waals surface area contributed by atoms with Gasteiger partial charge in [-0.3, -0.25) is 4.79 Å². The first-order valence-electron chi connectivity index (χ1n) is 22.5. The van der Waals surface area contributed by atoms with Crippen LogP contribution in [0.2, 0.25) is 0 Å². The van der Waals surface area contributed by atoms with E-state index in [9.17, 15) is 13.2 Å². The van der Waals surface area contributed by atoms with Crippen molar-refractivity contribution >= 4 is 16.0 Å². The van der Waals surface area contributed by atoms with Crippen LogP contribution < -0.4 is 4.72 Å². The van der Waals surface area contributed by atoms with E-state index in [4.69, 9.17) is 18.9 Å². The highest BCUT2D eigenvalue weighted by atomic mass is 32.2. The molecule has 58 heavy (non-hydrogen) atoms. The number of fused-ring (bicyclic) bond motifs is 5. The summed E-state index contributed by atoms with van der Waals surface area (Å²) in [6.45, 7) is 30.5. The fourth-order valence-corrected chi connectivity index (χ4v) is 14.3. The van der Waals surface area contributed by atoms with Crippen LogP contribution in [0.3, 0.4) is 0 Å². The van der Waals surface area contributed by atoms with E-state index in [1.54, 1.807) is 19.2 Å². The summed E-state index contributed by atoms with van der Waals surface area (Å²) in [5, 5.41) is 0. The molecule has 4 aliphatic rings. The van der Waals surface area contributed by atoms with E-state index >= 15 is 0 Å². The standard InChI is InChI=1S/C49H81NO7S/c1-16-17-28-56-43(51)41-46(11,34(5)32(2)3)26-27-47(12)36-22-23-39-45(9,10)42(38(55-15)29-49(39,31-54-14)37(36)24-25-48(41,47)13)57-30-40(44(6,7)8)50-58(52,53)35-20-18-33(4)19-21-35/h18-21,24,32,34,36,38-42,50H,16-17,22-23,25-31H2,1-15H3/t34-,36+,38-,39+,40-,41-,42+,46-,47-,48+,49+/m1/s1. The molecule has 0 heterocycles.